The van der Waals surface area contributed by atoms with Gasteiger partial charge < -0.3 is 19.9 Å². The maximum atomic E-state index is 5.83. The second kappa shape index (κ2) is 7.44. The summed E-state index contributed by atoms with van der Waals surface area (Å²) in [6.07, 6.45) is 1.74. The fourth-order valence-electron chi connectivity index (χ4n) is 2.56. The van der Waals surface area contributed by atoms with Crippen LogP contribution in [0, 0.1) is 0 Å². The fraction of sp³-hybridized carbons (Fsp3) is 0.471. The Hall–Kier alpha value is -2.41. The zero-order valence-electron chi connectivity index (χ0n) is 14.4. The first-order chi connectivity index (χ1) is 11.6. The van der Waals surface area contributed by atoms with E-state index in [4.69, 9.17) is 4.74 Å². The van der Waals surface area contributed by atoms with E-state index in [9.17, 15) is 0 Å². The molecule has 24 heavy (non-hydrogen) atoms. The lowest BCUT2D eigenvalue weighted by molar-refractivity contribution is 0.244. The highest BCUT2D eigenvalue weighted by molar-refractivity contribution is 5.64. The number of aromatic nitrogens is 3. The van der Waals surface area contributed by atoms with E-state index in [0.29, 0.717) is 11.8 Å². The van der Waals surface area contributed by atoms with Crippen molar-refractivity contribution in [3.63, 3.8) is 0 Å². The molecule has 1 fully saturated rings. The van der Waals surface area contributed by atoms with Crippen LogP contribution in [0.3, 0.4) is 0 Å². The normalized spacial score (nSPS) is 15.6. The summed E-state index contributed by atoms with van der Waals surface area (Å²) in [5.74, 6) is 2.13. The van der Waals surface area contributed by atoms with Gasteiger partial charge in [0.2, 0.25) is 5.95 Å². The molecule has 7 nitrogen and oxygen atoms in total. The van der Waals surface area contributed by atoms with E-state index in [1.54, 1.807) is 6.20 Å². The van der Waals surface area contributed by atoms with Crippen LogP contribution in [0.1, 0.15) is 13.8 Å². The van der Waals surface area contributed by atoms with Gasteiger partial charge in [-0.05, 0) is 33.0 Å². The van der Waals surface area contributed by atoms with Crippen LogP contribution in [0.4, 0.5) is 17.5 Å². The summed E-state index contributed by atoms with van der Waals surface area (Å²) in [5, 5.41) is 11.6. The third-order valence-electron chi connectivity index (χ3n) is 3.85. The Morgan fingerprint density at radius 1 is 1.12 bits per heavy atom. The van der Waals surface area contributed by atoms with E-state index < -0.39 is 0 Å². The number of hydrogen-bond donors (Lipinski definition) is 1. The summed E-state index contributed by atoms with van der Waals surface area (Å²) in [6.45, 7) is 7.85. The minimum atomic E-state index is 0.109. The summed E-state index contributed by atoms with van der Waals surface area (Å²) in [4.78, 5) is 9.06. The van der Waals surface area contributed by atoms with Crippen molar-refractivity contribution < 1.29 is 4.74 Å². The summed E-state index contributed by atoms with van der Waals surface area (Å²) in [6, 6.07) is 7.83. The first-order valence-electron chi connectivity index (χ1n) is 8.28. The standard InChI is InChI=1S/C17H24N6O/c1-13(2)24-15-7-5-4-6-14(15)19-16-12-18-21-17(20-16)23-10-8-22(3)9-11-23/h4-7,12-13H,8-11H2,1-3H3,(H,19,20,21). The first-order valence-corrected chi connectivity index (χ1v) is 8.28. The molecular formula is C17H24N6O. The van der Waals surface area contributed by atoms with E-state index in [-0.39, 0.29) is 6.10 Å². The summed E-state index contributed by atoms with van der Waals surface area (Å²) in [5.41, 5.74) is 0.871. The van der Waals surface area contributed by atoms with Crippen molar-refractivity contribution in [3.8, 4) is 5.75 Å². The number of anilines is 3. The molecule has 1 aromatic carbocycles. The number of benzene rings is 1. The van der Waals surface area contributed by atoms with Gasteiger partial charge in [0.25, 0.3) is 0 Å². The van der Waals surface area contributed by atoms with Crippen molar-refractivity contribution in [2.24, 2.45) is 0 Å². The van der Waals surface area contributed by atoms with E-state index in [1.165, 1.54) is 0 Å². The Labute approximate surface area is 142 Å². The maximum absolute atomic E-state index is 5.83. The number of rotatable bonds is 5. The molecule has 2 heterocycles. The number of hydrogen-bond acceptors (Lipinski definition) is 7. The minimum absolute atomic E-state index is 0.109. The summed E-state index contributed by atoms with van der Waals surface area (Å²) >= 11 is 0. The van der Waals surface area contributed by atoms with Crippen molar-refractivity contribution in [2.45, 2.75) is 20.0 Å². The zero-order chi connectivity index (χ0) is 16.9. The highest BCUT2D eigenvalue weighted by Crippen LogP contribution is 2.27. The first kappa shape index (κ1) is 16.4. The number of nitrogens with zero attached hydrogens (tertiary/aromatic N) is 5. The molecule has 1 aromatic heterocycles. The Kier molecular flexibility index (Phi) is 5.10. The molecule has 0 atom stereocenters. The summed E-state index contributed by atoms with van der Waals surface area (Å²) in [7, 11) is 2.13. The van der Waals surface area contributed by atoms with Crippen molar-refractivity contribution in [3.05, 3.63) is 30.5 Å². The number of nitrogens with one attached hydrogen (secondary N) is 1. The van der Waals surface area contributed by atoms with Crippen molar-refractivity contribution in [2.75, 3.05) is 43.4 Å². The largest absolute Gasteiger partial charge is 0.489 e. The van der Waals surface area contributed by atoms with E-state index in [1.807, 2.05) is 38.1 Å². The number of ether oxygens (including phenoxy) is 1. The lowest BCUT2D eigenvalue weighted by Gasteiger charge is -2.32. The van der Waals surface area contributed by atoms with Gasteiger partial charge in [0.1, 0.15) is 5.75 Å². The SMILES string of the molecule is CC(C)Oc1ccccc1Nc1cnnc(N2CCN(C)CC2)n1. The van der Waals surface area contributed by atoms with Crippen LogP contribution in [-0.2, 0) is 0 Å². The van der Waals surface area contributed by atoms with Gasteiger partial charge in [-0.3, -0.25) is 0 Å². The average Bonchev–Trinajstić information content (AvgIpc) is 2.57. The highest BCUT2D eigenvalue weighted by atomic mass is 16.5. The molecule has 2 aromatic rings. The molecule has 1 aliphatic heterocycles. The van der Waals surface area contributed by atoms with Crippen molar-refractivity contribution in [1.29, 1.82) is 0 Å². The van der Waals surface area contributed by atoms with Crippen LogP contribution in [0.25, 0.3) is 0 Å². The van der Waals surface area contributed by atoms with Gasteiger partial charge in [-0.25, -0.2) is 0 Å². The second-order valence-electron chi connectivity index (χ2n) is 6.22. The van der Waals surface area contributed by atoms with Crippen LogP contribution >= 0.6 is 0 Å². The minimum Gasteiger partial charge on any atom is -0.489 e. The van der Waals surface area contributed by atoms with E-state index >= 15 is 0 Å². The smallest absolute Gasteiger partial charge is 0.247 e. The predicted molar refractivity (Wildman–Crippen MR) is 95.0 cm³/mol. The van der Waals surface area contributed by atoms with E-state index in [0.717, 1.165) is 37.6 Å². The molecule has 0 unspecified atom stereocenters. The molecule has 0 saturated carbocycles. The van der Waals surface area contributed by atoms with Crippen molar-refractivity contribution >= 4 is 17.5 Å². The molecule has 0 amide bonds. The van der Waals surface area contributed by atoms with Crippen LogP contribution < -0.4 is 15.0 Å². The van der Waals surface area contributed by atoms with Gasteiger partial charge in [-0.1, -0.05) is 12.1 Å². The van der Waals surface area contributed by atoms with Crippen LogP contribution in [0.15, 0.2) is 30.5 Å². The van der Waals surface area contributed by atoms with Gasteiger partial charge in [0.05, 0.1) is 18.0 Å². The zero-order valence-corrected chi connectivity index (χ0v) is 14.4. The molecule has 128 valence electrons. The van der Waals surface area contributed by atoms with Crippen LogP contribution in [0.5, 0.6) is 5.75 Å². The third kappa shape index (κ3) is 4.11. The quantitative estimate of drug-likeness (QED) is 0.902. The Morgan fingerprint density at radius 2 is 1.88 bits per heavy atom. The lowest BCUT2D eigenvalue weighted by Crippen LogP contribution is -2.45. The second-order valence-corrected chi connectivity index (χ2v) is 6.22. The number of likely N-dealkylation sites (N-methyl/N-ethyl adjacent to an activating group) is 1. The lowest BCUT2D eigenvalue weighted by atomic mass is 10.3. The molecule has 1 N–H and O–H groups in total. The average molecular weight is 328 g/mol. The third-order valence-corrected chi connectivity index (χ3v) is 3.85. The molecule has 7 heteroatoms. The van der Waals surface area contributed by atoms with Gasteiger partial charge in [-0.15, -0.1) is 5.10 Å². The van der Waals surface area contributed by atoms with Gasteiger partial charge in [0.15, 0.2) is 5.82 Å². The Morgan fingerprint density at radius 3 is 2.62 bits per heavy atom. The monoisotopic (exact) mass is 328 g/mol. The Bertz CT molecular complexity index is 670. The fourth-order valence-corrected chi connectivity index (χ4v) is 2.56. The summed E-state index contributed by atoms with van der Waals surface area (Å²) < 4.78 is 5.83. The molecule has 0 aliphatic carbocycles. The molecule has 0 bridgehead atoms. The topological polar surface area (TPSA) is 66.4 Å². The molecule has 1 saturated heterocycles. The van der Waals surface area contributed by atoms with Crippen LogP contribution in [0.2, 0.25) is 0 Å². The van der Waals surface area contributed by atoms with Crippen molar-refractivity contribution in [1.82, 2.24) is 20.1 Å². The molecule has 1 aliphatic rings. The molecule has 0 radical (unpaired) electrons. The molecule has 3 rings (SSSR count). The predicted octanol–water partition coefficient (Wildman–Crippen LogP) is 2.15. The number of para-hydroxylation sites is 2. The Balaban J connectivity index is 1.75. The van der Waals surface area contributed by atoms with E-state index in [2.05, 4.69) is 37.3 Å². The molecule has 0 spiro atoms. The number of piperazine rings is 1. The highest BCUT2D eigenvalue weighted by Gasteiger charge is 2.17. The molecular weight excluding hydrogens is 304 g/mol. The van der Waals surface area contributed by atoms with Gasteiger partial charge in [0, 0.05) is 26.2 Å². The maximum Gasteiger partial charge on any atom is 0.247 e. The van der Waals surface area contributed by atoms with Crippen LogP contribution in [-0.4, -0.2) is 59.4 Å². The van der Waals surface area contributed by atoms with Gasteiger partial charge in [-0.2, -0.15) is 10.1 Å². The van der Waals surface area contributed by atoms with Gasteiger partial charge >= 0.3 is 0 Å².